The first-order valence-corrected chi connectivity index (χ1v) is 21.7. The molecule has 0 bridgehead atoms. The van der Waals surface area contributed by atoms with Gasteiger partial charge in [-0.3, -0.25) is 0 Å². The van der Waals surface area contributed by atoms with Gasteiger partial charge in [0.25, 0.3) is 0 Å². The molecular weight excluding hydrogens is 769 g/mol. The summed E-state index contributed by atoms with van der Waals surface area (Å²) in [7, 11) is 0. The number of benzene rings is 8. The van der Waals surface area contributed by atoms with Crippen LogP contribution in [0.1, 0.15) is 36.5 Å². The molecule has 1 aromatic heterocycles. The monoisotopic (exact) mass is 810 g/mol. The summed E-state index contributed by atoms with van der Waals surface area (Å²) in [5.74, 6) is 2.95. The van der Waals surface area contributed by atoms with Crippen molar-refractivity contribution < 1.29 is 4.74 Å². The van der Waals surface area contributed by atoms with E-state index < -0.39 is 0 Å². The number of hydrogen-bond donors (Lipinski definition) is 0. The molecule has 2 unspecified atom stereocenters. The van der Waals surface area contributed by atoms with Gasteiger partial charge in [-0.1, -0.05) is 178 Å². The number of hydrogen-bond acceptors (Lipinski definition) is 5. The first-order chi connectivity index (χ1) is 31.0. The molecule has 0 spiro atoms. The van der Waals surface area contributed by atoms with Crippen molar-refractivity contribution in [1.82, 2.24) is 15.0 Å². The number of anilines is 3. The minimum absolute atomic E-state index is 0.0789. The maximum absolute atomic E-state index is 7.01. The third kappa shape index (κ3) is 6.11. The Labute approximate surface area is 367 Å². The first-order valence-electron chi connectivity index (χ1n) is 21.7. The third-order valence-corrected chi connectivity index (χ3v) is 13.1. The van der Waals surface area contributed by atoms with E-state index in [1.807, 2.05) is 60.7 Å². The number of ether oxygens (including phenoxy) is 1. The molecule has 0 fully saturated rings. The number of fused-ring (bicyclic) bond motifs is 8. The van der Waals surface area contributed by atoms with Crippen molar-refractivity contribution in [1.29, 1.82) is 0 Å². The quantitative estimate of drug-likeness (QED) is 0.160. The average Bonchev–Trinajstić information content (AvgIpc) is 3.83. The second-order valence-electron chi connectivity index (χ2n) is 17.1. The van der Waals surface area contributed by atoms with E-state index in [1.54, 1.807) is 0 Å². The summed E-state index contributed by atoms with van der Waals surface area (Å²) in [5.41, 5.74) is 14.7. The van der Waals surface area contributed by atoms with Crippen LogP contribution in [-0.4, -0.2) is 21.1 Å². The van der Waals surface area contributed by atoms with Gasteiger partial charge in [-0.2, -0.15) is 0 Å². The van der Waals surface area contributed by atoms with Crippen LogP contribution in [-0.2, 0) is 5.41 Å². The van der Waals surface area contributed by atoms with Crippen molar-refractivity contribution in [2.75, 3.05) is 4.90 Å². The van der Waals surface area contributed by atoms with E-state index >= 15 is 0 Å². The fraction of sp³-hybridized carbons (Fsp3) is 0.0862. The van der Waals surface area contributed by atoms with Gasteiger partial charge in [-0.15, -0.1) is 0 Å². The Hall–Kier alpha value is -7.89. The van der Waals surface area contributed by atoms with Crippen LogP contribution in [0.5, 0.6) is 5.75 Å². The summed E-state index contributed by atoms with van der Waals surface area (Å²) >= 11 is 0. The summed E-state index contributed by atoms with van der Waals surface area (Å²) in [6.07, 6.45) is 8.63. The number of aromatic nitrogens is 3. The molecule has 2 atom stereocenters. The van der Waals surface area contributed by atoms with Gasteiger partial charge in [0.05, 0.1) is 5.69 Å². The number of nitrogens with zero attached hydrogens (tertiary/aromatic N) is 4. The lowest BCUT2D eigenvalue weighted by Crippen LogP contribution is -2.17. The highest BCUT2D eigenvalue weighted by molar-refractivity contribution is 6.10. The molecule has 63 heavy (non-hydrogen) atoms. The SMILES string of the molecule is CC1(C)c2ccccc2-c2ccc(N(c3ccccc3)c3cccc4c(-c5ccc(-c6nc(-c7ccccc7)nc(-c7ccccc7)n6)cc5)cc5c(c34)OC3C=CC=CC53)cc21. The van der Waals surface area contributed by atoms with Crippen LogP contribution >= 0.6 is 0 Å². The van der Waals surface area contributed by atoms with E-state index in [0.29, 0.717) is 17.5 Å². The van der Waals surface area contributed by atoms with Gasteiger partial charge >= 0.3 is 0 Å². The molecule has 9 aromatic rings. The normalized spacial score (nSPS) is 16.2. The van der Waals surface area contributed by atoms with Crippen LogP contribution in [0.3, 0.4) is 0 Å². The predicted octanol–water partition coefficient (Wildman–Crippen LogP) is 14.4. The van der Waals surface area contributed by atoms with Gasteiger partial charge < -0.3 is 9.64 Å². The van der Waals surface area contributed by atoms with Crippen molar-refractivity contribution in [3.8, 4) is 62.2 Å². The zero-order chi connectivity index (χ0) is 42.1. The molecule has 0 N–H and O–H groups in total. The van der Waals surface area contributed by atoms with E-state index in [1.165, 1.54) is 27.8 Å². The van der Waals surface area contributed by atoms with E-state index in [4.69, 9.17) is 19.7 Å². The Kier molecular flexibility index (Phi) is 8.58. The summed E-state index contributed by atoms with van der Waals surface area (Å²) in [5, 5.41) is 2.22. The van der Waals surface area contributed by atoms with Crippen LogP contribution < -0.4 is 9.64 Å². The van der Waals surface area contributed by atoms with Crippen molar-refractivity contribution in [2.45, 2.75) is 31.3 Å². The molecule has 300 valence electrons. The van der Waals surface area contributed by atoms with Gasteiger partial charge in [0.2, 0.25) is 0 Å². The number of para-hydroxylation sites is 1. The van der Waals surface area contributed by atoms with Crippen molar-refractivity contribution in [3.63, 3.8) is 0 Å². The summed E-state index contributed by atoms with van der Waals surface area (Å²) in [6.45, 7) is 4.69. The predicted molar refractivity (Wildman–Crippen MR) is 257 cm³/mol. The average molecular weight is 811 g/mol. The van der Waals surface area contributed by atoms with Gasteiger partial charge in [-0.05, 0) is 81.2 Å². The number of allylic oxidation sites excluding steroid dienone is 2. The smallest absolute Gasteiger partial charge is 0.164 e. The molecular formula is C58H42N4O. The molecule has 0 amide bonds. The van der Waals surface area contributed by atoms with E-state index in [9.17, 15) is 0 Å². The minimum atomic E-state index is -0.144. The Morgan fingerprint density at radius 2 is 1.06 bits per heavy atom. The van der Waals surface area contributed by atoms with Crippen LogP contribution in [0.15, 0.2) is 206 Å². The third-order valence-electron chi connectivity index (χ3n) is 13.1. The van der Waals surface area contributed by atoms with Gasteiger partial charge in [0.15, 0.2) is 17.5 Å². The lowest BCUT2D eigenvalue weighted by Gasteiger charge is -2.29. The largest absolute Gasteiger partial charge is 0.484 e. The molecule has 2 aliphatic carbocycles. The zero-order valence-electron chi connectivity index (χ0n) is 35.0. The first kappa shape index (κ1) is 36.9. The minimum Gasteiger partial charge on any atom is -0.484 e. The maximum Gasteiger partial charge on any atom is 0.164 e. The van der Waals surface area contributed by atoms with E-state index in [-0.39, 0.29) is 17.4 Å². The highest BCUT2D eigenvalue weighted by Crippen LogP contribution is 2.54. The van der Waals surface area contributed by atoms with Gasteiger partial charge in [0, 0.05) is 50.3 Å². The lowest BCUT2D eigenvalue weighted by atomic mass is 9.82. The Morgan fingerprint density at radius 1 is 0.476 bits per heavy atom. The molecule has 5 heteroatoms. The molecule has 0 saturated heterocycles. The molecule has 5 nitrogen and oxygen atoms in total. The second-order valence-corrected chi connectivity index (χ2v) is 17.1. The van der Waals surface area contributed by atoms with Crippen molar-refractivity contribution >= 4 is 27.8 Å². The van der Waals surface area contributed by atoms with Crippen LogP contribution in [0.2, 0.25) is 0 Å². The van der Waals surface area contributed by atoms with E-state index in [2.05, 4.69) is 164 Å². The summed E-state index contributed by atoms with van der Waals surface area (Å²) < 4.78 is 7.01. The summed E-state index contributed by atoms with van der Waals surface area (Å²) in [4.78, 5) is 17.4. The molecule has 0 radical (unpaired) electrons. The standard InChI is InChI=1S/C58H42N4O/c1-58(2)49-26-14-12-23-43(49)44-34-33-42(35-50(44)58)62(41-21-10-5-11-22-41)51-27-16-25-46-47(36-48-45-24-13-15-28-52(45)63-54(48)53(46)51)37-29-31-40(32-30-37)57-60-55(38-17-6-3-7-18-38)59-56(61-57)39-19-8-4-9-20-39/h3-36,45,52H,1-2H3. The van der Waals surface area contributed by atoms with Crippen LogP contribution in [0, 0.1) is 0 Å². The maximum atomic E-state index is 7.01. The fourth-order valence-electron chi connectivity index (χ4n) is 9.93. The topological polar surface area (TPSA) is 51.1 Å². The van der Waals surface area contributed by atoms with E-state index in [0.717, 1.165) is 61.4 Å². The molecule has 8 aromatic carbocycles. The molecule has 2 heterocycles. The van der Waals surface area contributed by atoms with Crippen LogP contribution in [0.4, 0.5) is 17.1 Å². The lowest BCUT2D eigenvalue weighted by molar-refractivity contribution is 0.271. The Morgan fingerprint density at radius 3 is 1.76 bits per heavy atom. The fourth-order valence-corrected chi connectivity index (χ4v) is 9.93. The van der Waals surface area contributed by atoms with Gasteiger partial charge in [0.1, 0.15) is 11.9 Å². The number of rotatable bonds is 7. The van der Waals surface area contributed by atoms with Crippen molar-refractivity contribution in [3.05, 3.63) is 223 Å². The second kappa shape index (κ2) is 14.6. The summed E-state index contributed by atoms with van der Waals surface area (Å²) in [6, 6.07) is 64.5. The van der Waals surface area contributed by atoms with Crippen molar-refractivity contribution in [2.24, 2.45) is 0 Å². The highest BCUT2D eigenvalue weighted by Gasteiger charge is 2.38. The van der Waals surface area contributed by atoms with Crippen LogP contribution in [0.25, 0.3) is 67.2 Å². The molecule has 12 rings (SSSR count). The highest BCUT2D eigenvalue weighted by atomic mass is 16.5. The zero-order valence-corrected chi connectivity index (χ0v) is 35.0. The Balaban J connectivity index is 1.03. The van der Waals surface area contributed by atoms with Gasteiger partial charge in [-0.25, -0.2) is 15.0 Å². The molecule has 0 saturated carbocycles. The molecule has 1 aliphatic heterocycles. The Bertz CT molecular complexity index is 3230. The molecule has 3 aliphatic rings.